The summed E-state index contributed by atoms with van der Waals surface area (Å²) in [7, 11) is 0. The molecule has 0 bridgehead atoms. The van der Waals surface area contributed by atoms with Crippen LogP contribution in [0.25, 0.3) is 10.8 Å². The van der Waals surface area contributed by atoms with Gasteiger partial charge in [0.05, 0.1) is 13.2 Å². The third kappa shape index (κ3) is 5.47. The number of phenolic OH excluding ortho intramolecular Hbond substituents is 1. The van der Waals surface area contributed by atoms with Gasteiger partial charge < -0.3 is 9.84 Å². The molecule has 26 heavy (non-hydrogen) atoms. The maximum Gasteiger partial charge on any atom is 0.116 e. The second-order valence-corrected chi connectivity index (χ2v) is 6.00. The van der Waals surface area contributed by atoms with E-state index < -0.39 is 0 Å². The summed E-state index contributed by atoms with van der Waals surface area (Å²) in [6.45, 7) is 1.35. The Labute approximate surface area is 154 Å². The fraction of sp³-hybridized carbons (Fsp3) is 0.0833. The zero-order valence-corrected chi connectivity index (χ0v) is 14.6. The first kappa shape index (κ1) is 17.7. The Morgan fingerprint density at radius 3 is 1.62 bits per heavy atom. The van der Waals surface area contributed by atoms with Gasteiger partial charge in [0.1, 0.15) is 5.75 Å². The molecule has 0 aliphatic heterocycles. The fourth-order valence-electron chi connectivity index (χ4n) is 2.61. The second-order valence-electron chi connectivity index (χ2n) is 6.00. The third-order valence-electron chi connectivity index (χ3n) is 3.96. The highest BCUT2D eigenvalue weighted by molar-refractivity contribution is 5.83. The quantitative estimate of drug-likeness (QED) is 0.496. The summed E-state index contributed by atoms with van der Waals surface area (Å²) < 4.78 is 5.61. The van der Waals surface area contributed by atoms with E-state index in [2.05, 4.69) is 24.3 Å². The van der Waals surface area contributed by atoms with Crippen molar-refractivity contribution in [2.45, 2.75) is 13.2 Å². The summed E-state index contributed by atoms with van der Waals surface area (Å²) in [5.41, 5.74) is 2.43. The summed E-state index contributed by atoms with van der Waals surface area (Å²) >= 11 is 0. The molecule has 0 radical (unpaired) electrons. The summed E-state index contributed by atoms with van der Waals surface area (Å²) in [6.07, 6.45) is 0. The molecule has 0 spiro atoms. The zero-order valence-electron chi connectivity index (χ0n) is 14.6. The number of aromatic hydroxyl groups is 1. The zero-order chi connectivity index (χ0) is 18.0. The van der Waals surface area contributed by atoms with Gasteiger partial charge >= 0.3 is 0 Å². The van der Waals surface area contributed by atoms with E-state index in [0.717, 1.165) is 10.8 Å². The average molecular weight is 342 g/mol. The van der Waals surface area contributed by atoms with Crippen LogP contribution < -0.4 is 0 Å². The molecule has 4 rings (SSSR count). The van der Waals surface area contributed by atoms with Crippen molar-refractivity contribution in [3.8, 4) is 5.75 Å². The molecule has 4 aromatic carbocycles. The Morgan fingerprint density at radius 2 is 1.04 bits per heavy atom. The molecule has 0 saturated carbocycles. The van der Waals surface area contributed by atoms with Gasteiger partial charge in [-0.2, -0.15) is 0 Å². The number of hydrogen-bond acceptors (Lipinski definition) is 2. The van der Waals surface area contributed by atoms with Gasteiger partial charge in [0.25, 0.3) is 0 Å². The van der Waals surface area contributed by atoms with E-state index >= 15 is 0 Å². The van der Waals surface area contributed by atoms with Crippen LogP contribution in [0.1, 0.15) is 11.1 Å². The largest absolute Gasteiger partial charge is 0.508 e. The van der Waals surface area contributed by atoms with E-state index in [1.165, 1.54) is 11.1 Å². The summed E-state index contributed by atoms with van der Waals surface area (Å²) in [6, 6.07) is 33.8. The lowest BCUT2D eigenvalue weighted by molar-refractivity contribution is 0.107. The topological polar surface area (TPSA) is 29.5 Å². The smallest absolute Gasteiger partial charge is 0.116 e. The van der Waals surface area contributed by atoms with Crippen LogP contribution >= 0.6 is 0 Å². The number of benzene rings is 4. The molecule has 4 aromatic rings. The van der Waals surface area contributed by atoms with Crippen LogP contribution in [-0.2, 0) is 18.0 Å². The van der Waals surface area contributed by atoms with Crippen LogP contribution in [0.3, 0.4) is 0 Å². The van der Waals surface area contributed by atoms with E-state index in [9.17, 15) is 0 Å². The van der Waals surface area contributed by atoms with Crippen LogP contribution in [0.5, 0.6) is 5.75 Å². The maximum atomic E-state index is 9.13. The first-order chi connectivity index (χ1) is 12.8. The molecule has 1 N–H and O–H groups in total. The van der Waals surface area contributed by atoms with E-state index in [-0.39, 0.29) is 0 Å². The van der Waals surface area contributed by atoms with Crippen LogP contribution in [0, 0.1) is 0 Å². The molecule has 0 saturated heterocycles. The Balaban J connectivity index is 0.000000158. The average Bonchev–Trinajstić information content (AvgIpc) is 2.70. The molecule has 0 aliphatic carbocycles. The lowest BCUT2D eigenvalue weighted by atomic mass is 10.1. The highest BCUT2D eigenvalue weighted by atomic mass is 16.5. The number of hydrogen-bond donors (Lipinski definition) is 1. The van der Waals surface area contributed by atoms with E-state index in [1.807, 2.05) is 66.7 Å². The molecule has 0 unspecified atom stereocenters. The predicted molar refractivity (Wildman–Crippen MR) is 107 cm³/mol. The normalized spacial score (nSPS) is 10.2. The van der Waals surface area contributed by atoms with Gasteiger partial charge in [0.15, 0.2) is 0 Å². The molecular weight excluding hydrogens is 320 g/mol. The highest BCUT2D eigenvalue weighted by Gasteiger charge is 1.93. The van der Waals surface area contributed by atoms with Crippen LogP contribution in [0.4, 0.5) is 0 Å². The van der Waals surface area contributed by atoms with Crippen molar-refractivity contribution in [1.82, 2.24) is 0 Å². The standard InChI is InChI=1S/C14H14O.C10H8O/c1-3-7-13(8-4-1)11-15-12-14-9-5-2-6-10-14;11-10-6-5-8-3-1-2-4-9(8)7-10/h1-10H,11-12H2;1-7,11H. The minimum absolute atomic E-state index is 0.323. The predicted octanol–water partition coefficient (Wildman–Crippen LogP) is 5.95. The molecule has 0 atom stereocenters. The molecule has 0 fully saturated rings. The van der Waals surface area contributed by atoms with E-state index in [1.54, 1.807) is 12.1 Å². The Bertz CT molecular complexity index is 879. The summed E-state index contributed by atoms with van der Waals surface area (Å²) in [4.78, 5) is 0. The molecular formula is C24H22O2. The van der Waals surface area contributed by atoms with Gasteiger partial charge in [-0.1, -0.05) is 91.0 Å². The van der Waals surface area contributed by atoms with Gasteiger partial charge in [-0.25, -0.2) is 0 Å². The molecule has 2 heteroatoms. The van der Waals surface area contributed by atoms with Crippen molar-refractivity contribution in [3.05, 3.63) is 114 Å². The number of fused-ring (bicyclic) bond motifs is 1. The Hall–Kier alpha value is -3.10. The van der Waals surface area contributed by atoms with Crippen LogP contribution in [0.2, 0.25) is 0 Å². The van der Waals surface area contributed by atoms with Gasteiger partial charge in [-0.05, 0) is 34.0 Å². The summed E-state index contributed by atoms with van der Waals surface area (Å²) in [5.74, 6) is 0.323. The van der Waals surface area contributed by atoms with Gasteiger partial charge in [0.2, 0.25) is 0 Å². The molecule has 0 amide bonds. The van der Waals surface area contributed by atoms with Gasteiger partial charge in [-0.15, -0.1) is 0 Å². The van der Waals surface area contributed by atoms with Crippen molar-refractivity contribution in [2.24, 2.45) is 0 Å². The van der Waals surface area contributed by atoms with E-state index in [0.29, 0.717) is 19.0 Å². The molecule has 0 heterocycles. The van der Waals surface area contributed by atoms with Crippen molar-refractivity contribution < 1.29 is 9.84 Å². The van der Waals surface area contributed by atoms with Crippen molar-refractivity contribution >= 4 is 10.8 Å². The lowest BCUT2D eigenvalue weighted by Crippen LogP contribution is -1.93. The van der Waals surface area contributed by atoms with Crippen molar-refractivity contribution in [3.63, 3.8) is 0 Å². The number of ether oxygens (including phenoxy) is 1. The molecule has 0 aromatic heterocycles. The minimum Gasteiger partial charge on any atom is -0.508 e. The second kappa shape index (κ2) is 9.40. The lowest BCUT2D eigenvalue weighted by Gasteiger charge is -2.03. The monoisotopic (exact) mass is 342 g/mol. The first-order valence-corrected chi connectivity index (χ1v) is 8.64. The van der Waals surface area contributed by atoms with Crippen molar-refractivity contribution in [1.29, 1.82) is 0 Å². The van der Waals surface area contributed by atoms with Gasteiger partial charge in [-0.3, -0.25) is 0 Å². The number of phenols is 1. The Kier molecular flexibility index (Phi) is 6.40. The molecule has 130 valence electrons. The van der Waals surface area contributed by atoms with Crippen molar-refractivity contribution in [2.75, 3.05) is 0 Å². The number of rotatable bonds is 4. The fourth-order valence-corrected chi connectivity index (χ4v) is 2.61. The Morgan fingerprint density at radius 1 is 0.538 bits per heavy atom. The third-order valence-corrected chi connectivity index (χ3v) is 3.96. The SMILES string of the molecule is Oc1ccc2ccccc2c1.c1ccc(COCc2ccccc2)cc1. The molecule has 0 aliphatic rings. The van der Waals surface area contributed by atoms with Crippen LogP contribution in [0.15, 0.2) is 103 Å². The maximum absolute atomic E-state index is 9.13. The first-order valence-electron chi connectivity index (χ1n) is 8.64. The van der Waals surface area contributed by atoms with Gasteiger partial charge in [0, 0.05) is 0 Å². The van der Waals surface area contributed by atoms with Crippen LogP contribution in [-0.4, -0.2) is 5.11 Å². The minimum atomic E-state index is 0.323. The summed E-state index contributed by atoms with van der Waals surface area (Å²) in [5, 5.41) is 11.4. The highest BCUT2D eigenvalue weighted by Crippen LogP contribution is 2.18. The van der Waals surface area contributed by atoms with E-state index in [4.69, 9.17) is 9.84 Å². The molecule has 2 nitrogen and oxygen atoms in total.